The van der Waals surface area contributed by atoms with Crippen molar-refractivity contribution in [2.24, 2.45) is 7.05 Å². The minimum atomic E-state index is -3.56. The van der Waals surface area contributed by atoms with Crippen LogP contribution in [0.4, 0.5) is 5.69 Å². The number of aryl methyl sites for hydroxylation is 2. The number of aromatic nitrogens is 2. The zero-order valence-electron chi connectivity index (χ0n) is 12.4. The zero-order chi connectivity index (χ0) is 15.6. The van der Waals surface area contributed by atoms with E-state index in [1.807, 2.05) is 26.2 Å². The van der Waals surface area contributed by atoms with E-state index >= 15 is 0 Å². The van der Waals surface area contributed by atoms with Crippen molar-refractivity contribution in [3.63, 3.8) is 0 Å². The average Bonchev–Trinajstić information content (AvgIpc) is 2.79. The molecular formula is C14H20N4O2S. The number of nitrogens with zero attached hydrogens (tertiary/aromatic N) is 2. The van der Waals surface area contributed by atoms with Gasteiger partial charge in [0.1, 0.15) is 0 Å². The number of anilines is 1. The van der Waals surface area contributed by atoms with Gasteiger partial charge in [-0.15, -0.1) is 0 Å². The first-order valence-electron chi connectivity index (χ1n) is 6.64. The van der Waals surface area contributed by atoms with E-state index in [0.29, 0.717) is 18.7 Å². The normalized spacial score (nSPS) is 11.8. The van der Waals surface area contributed by atoms with Crippen molar-refractivity contribution < 1.29 is 8.42 Å². The van der Waals surface area contributed by atoms with E-state index in [2.05, 4.69) is 9.82 Å². The lowest BCUT2D eigenvalue weighted by Gasteiger charge is -2.12. The lowest BCUT2D eigenvalue weighted by molar-refractivity contribution is 0.580. The first kappa shape index (κ1) is 15.5. The van der Waals surface area contributed by atoms with E-state index in [1.54, 1.807) is 17.7 Å². The van der Waals surface area contributed by atoms with E-state index in [4.69, 9.17) is 5.73 Å². The molecule has 0 saturated carbocycles. The average molecular weight is 308 g/mol. The fourth-order valence-corrected chi connectivity index (χ4v) is 3.50. The summed E-state index contributed by atoms with van der Waals surface area (Å²) in [5, 5.41) is 4.21. The molecule has 0 spiro atoms. The number of benzene rings is 1. The van der Waals surface area contributed by atoms with Gasteiger partial charge in [0.05, 0.1) is 10.6 Å². The molecule has 0 saturated heterocycles. The van der Waals surface area contributed by atoms with Gasteiger partial charge in [0.15, 0.2) is 0 Å². The number of hydrogen-bond donors (Lipinski definition) is 2. The Morgan fingerprint density at radius 2 is 2.05 bits per heavy atom. The van der Waals surface area contributed by atoms with Gasteiger partial charge in [-0.2, -0.15) is 5.10 Å². The van der Waals surface area contributed by atoms with Crippen LogP contribution < -0.4 is 10.5 Å². The summed E-state index contributed by atoms with van der Waals surface area (Å²) in [5.41, 5.74) is 8.62. The largest absolute Gasteiger partial charge is 0.399 e. The Morgan fingerprint density at radius 3 is 2.67 bits per heavy atom. The highest BCUT2D eigenvalue weighted by Crippen LogP contribution is 2.22. The molecule has 21 heavy (non-hydrogen) atoms. The molecular weight excluding hydrogens is 288 g/mol. The lowest BCUT2D eigenvalue weighted by Crippen LogP contribution is -2.27. The van der Waals surface area contributed by atoms with E-state index in [0.717, 1.165) is 16.8 Å². The summed E-state index contributed by atoms with van der Waals surface area (Å²) in [6.07, 6.45) is 2.37. The fourth-order valence-electron chi connectivity index (χ4n) is 2.12. The van der Waals surface area contributed by atoms with Crippen LogP contribution in [0.25, 0.3) is 0 Å². The van der Waals surface area contributed by atoms with Crippen LogP contribution in [0.3, 0.4) is 0 Å². The van der Waals surface area contributed by atoms with Crippen LogP contribution in [-0.2, 0) is 23.5 Å². The van der Waals surface area contributed by atoms with Gasteiger partial charge in [-0.05, 0) is 43.2 Å². The summed E-state index contributed by atoms with van der Waals surface area (Å²) >= 11 is 0. The summed E-state index contributed by atoms with van der Waals surface area (Å²) in [7, 11) is -1.74. The SMILES string of the molecule is Cc1cc(N)cc(S(=O)(=O)NCCc2ccn(C)n2)c1C. The van der Waals surface area contributed by atoms with Crippen LogP contribution in [-0.4, -0.2) is 24.7 Å². The molecule has 0 fully saturated rings. The standard InChI is InChI=1S/C14H20N4O2S/c1-10-8-12(15)9-14(11(10)2)21(19,20)16-6-4-13-5-7-18(3)17-13/h5,7-9,16H,4,6,15H2,1-3H3. The van der Waals surface area contributed by atoms with Crippen molar-refractivity contribution in [2.75, 3.05) is 12.3 Å². The molecule has 1 aromatic carbocycles. The number of sulfonamides is 1. The summed E-state index contributed by atoms with van der Waals surface area (Å²) in [4.78, 5) is 0.237. The molecule has 0 unspecified atom stereocenters. The number of nitrogens with one attached hydrogen (secondary N) is 1. The van der Waals surface area contributed by atoms with Gasteiger partial charge >= 0.3 is 0 Å². The Bertz CT molecular complexity index is 750. The molecule has 1 aromatic heterocycles. The van der Waals surface area contributed by atoms with Crippen molar-refractivity contribution in [1.29, 1.82) is 0 Å². The van der Waals surface area contributed by atoms with Crippen LogP contribution in [0.5, 0.6) is 0 Å². The van der Waals surface area contributed by atoms with Gasteiger partial charge in [0.25, 0.3) is 0 Å². The summed E-state index contributed by atoms with van der Waals surface area (Å²) in [5.74, 6) is 0. The van der Waals surface area contributed by atoms with Gasteiger partial charge in [0, 0.05) is 31.9 Å². The maximum Gasteiger partial charge on any atom is 0.240 e. The smallest absolute Gasteiger partial charge is 0.240 e. The molecule has 7 heteroatoms. The van der Waals surface area contributed by atoms with E-state index < -0.39 is 10.0 Å². The molecule has 0 aliphatic carbocycles. The number of hydrogen-bond acceptors (Lipinski definition) is 4. The highest BCUT2D eigenvalue weighted by molar-refractivity contribution is 7.89. The quantitative estimate of drug-likeness (QED) is 0.811. The zero-order valence-corrected chi connectivity index (χ0v) is 13.2. The highest BCUT2D eigenvalue weighted by atomic mass is 32.2. The van der Waals surface area contributed by atoms with Gasteiger partial charge < -0.3 is 5.73 Å². The molecule has 114 valence electrons. The Kier molecular flexibility index (Phi) is 4.34. The molecule has 0 amide bonds. The van der Waals surface area contributed by atoms with E-state index in [-0.39, 0.29) is 4.90 Å². The second kappa shape index (κ2) is 5.87. The second-order valence-corrected chi connectivity index (χ2v) is 6.82. The lowest BCUT2D eigenvalue weighted by atomic mass is 10.1. The predicted molar refractivity (Wildman–Crippen MR) is 82.4 cm³/mol. The number of nitrogens with two attached hydrogens (primary N) is 1. The molecule has 6 nitrogen and oxygen atoms in total. The molecule has 0 atom stereocenters. The monoisotopic (exact) mass is 308 g/mol. The molecule has 0 bridgehead atoms. The van der Waals surface area contributed by atoms with Gasteiger partial charge in [-0.25, -0.2) is 13.1 Å². The van der Waals surface area contributed by atoms with Gasteiger partial charge in [0.2, 0.25) is 10.0 Å². The molecule has 0 radical (unpaired) electrons. The molecule has 2 aromatic rings. The van der Waals surface area contributed by atoms with Crippen molar-refractivity contribution >= 4 is 15.7 Å². The minimum absolute atomic E-state index is 0.237. The molecule has 1 heterocycles. The second-order valence-electron chi connectivity index (χ2n) is 5.09. The number of nitrogen functional groups attached to an aromatic ring is 1. The van der Waals surface area contributed by atoms with Gasteiger partial charge in [-0.3, -0.25) is 4.68 Å². The third-order valence-electron chi connectivity index (χ3n) is 3.37. The Morgan fingerprint density at radius 1 is 1.33 bits per heavy atom. The highest BCUT2D eigenvalue weighted by Gasteiger charge is 2.18. The summed E-state index contributed by atoms with van der Waals surface area (Å²) in [6, 6.07) is 5.12. The van der Waals surface area contributed by atoms with E-state index in [9.17, 15) is 8.42 Å². The maximum atomic E-state index is 12.4. The molecule has 2 rings (SSSR count). The van der Waals surface area contributed by atoms with Crippen molar-refractivity contribution in [3.8, 4) is 0 Å². The van der Waals surface area contributed by atoms with Crippen LogP contribution in [0.1, 0.15) is 16.8 Å². The maximum absolute atomic E-state index is 12.4. The summed E-state index contributed by atoms with van der Waals surface area (Å²) in [6.45, 7) is 3.92. The fraction of sp³-hybridized carbons (Fsp3) is 0.357. The van der Waals surface area contributed by atoms with E-state index in [1.165, 1.54) is 6.07 Å². The minimum Gasteiger partial charge on any atom is -0.399 e. The Hall–Kier alpha value is -1.86. The Balaban J connectivity index is 2.12. The molecule has 0 aliphatic heterocycles. The first-order valence-corrected chi connectivity index (χ1v) is 8.13. The molecule has 3 N–H and O–H groups in total. The molecule has 0 aliphatic rings. The first-order chi connectivity index (χ1) is 9.79. The van der Waals surface area contributed by atoms with Crippen LogP contribution in [0.2, 0.25) is 0 Å². The van der Waals surface area contributed by atoms with Gasteiger partial charge in [-0.1, -0.05) is 0 Å². The Labute approximate surface area is 125 Å². The third kappa shape index (κ3) is 3.62. The van der Waals surface area contributed by atoms with Crippen molar-refractivity contribution in [3.05, 3.63) is 41.2 Å². The van der Waals surface area contributed by atoms with Crippen molar-refractivity contribution in [1.82, 2.24) is 14.5 Å². The predicted octanol–water partition coefficient (Wildman–Crippen LogP) is 1.14. The van der Waals surface area contributed by atoms with Crippen LogP contribution in [0.15, 0.2) is 29.3 Å². The third-order valence-corrected chi connectivity index (χ3v) is 4.96. The van der Waals surface area contributed by atoms with Crippen LogP contribution >= 0.6 is 0 Å². The summed E-state index contributed by atoms with van der Waals surface area (Å²) < 4.78 is 29.0. The van der Waals surface area contributed by atoms with Crippen molar-refractivity contribution in [2.45, 2.75) is 25.2 Å². The van der Waals surface area contributed by atoms with Crippen LogP contribution in [0, 0.1) is 13.8 Å². The number of rotatable bonds is 5. The topological polar surface area (TPSA) is 90.0 Å².